The number of carbonyl (C=O) groups is 1. The highest BCUT2D eigenvalue weighted by molar-refractivity contribution is 5.76. The number of halogens is 2. The predicted octanol–water partition coefficient (Wildman–Crippen LogP) is 2.78. The van der Waals surface area contributed by atoms with Crippen molar-refractivity contribution in [3.8, 4) is 0 Å². The fourth-order valence-electron chi connectivity index (χ4n) is 2.34. The molecule has 23 heavy (non-hydrogen) atoms. The van der Waals surface area contributed by atoms with Crippen molar-refractivity contribution in [2.24, 2.45) is 0 Å². The van der Waals surface area contributed by atoms with Crippen molar-refractivity contribution in [3.05, 3.63) is 47.5 Å². The minimum atomic E-state index is -0.631. The lowest BCUT2D eigenvalue weighted by molar-refractivity contribution is -0.121. The first-order valence-electron chi connectivity index (χ1n) is 7.62. The van der Waals surface area contributed by atoms with Crippen molar-refractivity contribution in [1.82, 2.24) is 20.1 Å². The maximum absolute atomic E-state index is 13.5. The van der Waals surface area contributed by atoms with Crippen LogP contribution in [0.25, 0.3) is 0 Å². The van der Waals surface area contributed by atoms with Gasteiger partial charge >= 0.3 is 0 Å². The zero-order valence-electron chi connectivity index (χ0n) is 13.2. The highest BCUT2D eigenvalue weighted by Crippen LogP contribution is 2.13. The standard InChI is InChI=1S/C16H20F2N4O/c1-3-8-22-16(19-10-20-22)11(2)21-15(23)7-5-12-4-6-13(17)9-14(12)18/h4,6,9-11H,3,5,7-8H2,1-2H3,(H,21,23)/t11-/m0/s1. The van der Waals surface area contributed by atoms with Gasteiger partial charge in [-0.3, -0.25) is 4.79 Å². The first-order valence-corrected chi connectivity index (χ1v) is 7.62. The van der Waals surface area contributed by atoms with Gasteiger partial charge in [-0.25, -0.2) is 18.4 Å². The van der Waals surface area contributed by atoms with Crippen molar-refractivity contribution < 1.29 is 13.6 Å². The second-order valence-electron chi connectivity index (χ2n) is 5.37. The molecule has 0 spiro atoms. The molecule has 0 aliphatic heterocycles. The number of hydrogen-bond donors (Lipinski definition) is 1. The number of carbonyl (C=O) groups excluding carboxylic acids is 1. The lowest BCUT2D eigenvalue weighted by Crippen LogP contribution is -2.29. The first-order chi connectivity index (χ1) is 11.0. The molecule has 1 amide bonds. The normalized spacial score (nSPS) is 12.2. The Morgan fingerprint density at radius 1 is 1.39 bits per heavy atom. The van der Waals surface area contributed by atoms with Crippen LogP contribution in [0.15, 0.2) is 24.5 Å². The average Bonchev–Trinajstić information content (AvgIpc) is 2.95. The molecule has 1 N–H and O–H groups in total. The largest absolute Gasteiger partial charge is 0.346 e. The van der Waals surface area contributed by atoms with E-state index in [9.17, 15) is 13.6 Å². The summed E-state index contributed by atoms with van der Waals surface area (Å²) >= 11 is 0. The fraction of sp³-hybridized carbons (Fsp3) is 0.438. The Morgan fingerprint density at radius 3 is 2.87 bits per heavy atom. The number of nitrogens with zero attached hydrogens (tertiary/aromatic N) is 3. The summed E-state index contributed by atoms with van der Waals surface area (Å²) in [6.45, 7) is 4.59. The average molecular weight is 322 g/mol. The van der Waals surface area contributed by atoms with Crippen LogP contribution >= 0.6 is 0 Å². The van der Waals surface area contributed by atoms with Gasteiger partial charge in [-0.05, 0) is 31.4 Å². The van der Waals surface area contributed by atoms with Crippen molar-refractivity contribution in [2.75, 3.05) is 0 Å². The molecule has 1 aromatic heterocycles. The minimum Gasteiger partial charge on any atom is -0.346 e. The number of benzene rings is 1. The van der Waals surface area contributed by atoms with Crippen LogP contribution in [0, 0.1) is 11.6 Å². The summed E-state index contributed by atoms with van der Waals surface area (Å²) in [4.78, 5) is 16.2. The summed E-state index contributed by atoms with van der Waals surface area (Å²) < 4.78 is 28.1. The summed E-state index contributed by atoms with van der Waals surface area (Å²) in [7, 11) is 0. The van der Waals surface area contributed by atoms with Crippen LogP contribution in [-0.2, 0) is 17.8 Å². The predicted molar refractivity (Wildman–Crippen MR) is 81.5 cm³/mol. The van der Waals surface area contributed by atoms with E-state index in [2.05, 4.69) is 15.4 Å². The molecule has 0 bridgehead atoms. The van der Waals surface area contributed by atoms with E-state index in [1.165, 1.54) is 18.5 Å². The first kappa shape index (κ1) is 17.1. The molecular weight excluding hydrogens is 302 g/mol. The molecule has 1 heterocycles. The van der Waals surface area contributed by atoms with Gasteiger partial charge in [-0.15, -0.1) is 0 Å². The third-order valence-corrected chi connectivity index (χ3v) is 3.48. The van der Waals surface area contributed by atoms with Gasteiger partial charge < -0.3 is 5.32 Å². The monoisotopic (exact) mass is 322 g/mol. The highest BCUT2D eigenvalue weighted by Gasteiger charge is 2.15. The Bertz CT molecular complexity index is 672. The van der Waals surface area contributed by atoms with Crippen LogP contribution < -0.4 is 5.32 Å². The number of aryl methyl sites for hydroxylation is 2. The molecule has 1 aromatic carbocycles. The van der Waals surface area contributed by atoms with Crippen molar-refractivity contribution in [3.63, 3.8) is 0 Å². The molecule has 0 unspecified atom stereocenters. The van der Waals surface area contributed by atoms with Crippen LogP contribution in [0.2, 0.25) is 0 Å². The zero-order chi connectivity index (χ0) is 16.8. The van der Waals surface area contributed by atoms with Crippen LogP contribution in [0.5, 0.6) is 0 Å². The smallest absolute Gasteiger partial charge is 0.220 e. The number of aromatic nitrogens is 3. The number of hydrogen-bond acceptors (Lipinski definition) is 3. The highest BCUT2D eigenvalue weighted by atomic mass is 19.1. The molecule has 5 nitrogen and oxygen atoms in total. The van der Waals surface area contributed by atoms with E-state index in [1.54, 1.807) is 4.68 Å². The molecular formula is C16H20F2N4O. The second-order valence-corrected chi connectivity index (χ2v) is 5.37. The van der Waals surface area contributed by atoms with Gasteiger partial charge in [0.15, 0.2) is 0 Å². The SMILES string of the molecule is CCCn1ncnc1[C@H](C)NC(=O)CCc1ccc(F)cc1F. The second kappa shape index (κ2) is 7.80. The van der Waals surface area contributed by atoms with E-state index in [0.29, 0.717) is 11.4 Å². The quantitative estimate of drug-likeness (QED) is 0.853. The van der Waals surface area contributed by atoms with Crippen molar-refractivity contribution >= 4 is 5.91 Å². The van der Waals surface area contributed by atoms with E-state index in [1.807, 2.05) is 13.8 Å². The number of nitrogens with one attached hydrogen (secondary N) is 1. The fourth-order valence-corrected chi connectivity index (χ4v) is 2.34. The van der Waals surface area contributed by atoms with Crippen LogP contribution in [0.1, 0.15) is 44.1 Å². The Hall–Kier alpha value is -2.31. The van der Waals surface area contributed by atoms with E-state index in [0.717, 1.165) is 19.0 Å². The Morgan fingerprint density at radius 2 is 2.17 bits per heavy atom. The topological polar surface area (TPSA) is 59.8 Å². The van der Waals surface area contributed by atoms with Gasteiger partial charge in [0, 0.05) is 19.0 Å². The lowest BCUT2D eigenvalue weighted by Gasteiger charge is -2.14. The van der Waals surface area contributed by atoms with Gasteiger partial charge in [0.05, 0.1) is 6.04 Å². The van der Waals surface area contributed by atoms with Crippen molar-refractivity contribution in [2.45, 2.75) is 45.7 Å². The van der Waals surface area contributed by atoms with Crippen LogP contribution in [0.4, 0.5) is 8.78 Å². The lowest BCUT2D eigenvalue weighted by atomic mass is 10.1. The molecule has 0 radical (unpaired) electrons. The Labute approximate surface area is 133 Å². The number of amides is 1. The number of rotatable bonds is 7. The molecule has 0 saturated heterocycles. The third-order valence-electron chi connectivity index (χ3n) is 3.48. The Balaban J connectivity index is 1.90. The zero-order valence-corrected chi connectivity index (χ0v) is 13.2. The maximum atomic E-state index is 13.5. The summed E-state index contributed by atoms with van der Waals surface area (Å²) in [6.07, 6.45) is 2.71. The molecule has 2 aromatic rings. The van der Waals surface area contributed by atoms with E-state index >= 15 is 0 Å². The van der Waals surface area contributed by atoms with Gasteiger partial charge in [0.1, 0.15) is 23.8 Å². The summed E-state index contributed by atoms with van der Waals surface area (Å²) in [6, 6.07) is 3.09. The van der Waals surface area contributed by atoms with Gasteiger partial charge in [0.25, 0.3) is 0 Å². The molecule has 0 aliphatic rings. The molecule has 124 valence electrons. The molecule has 2 rings (SSSR count). The van der Waals surface area contributed by atoms with Gasteiger partial charge in [0.2, 0.25) is 5.91 Å². The molecule has 0 aliphatic carbocycles. The Kier molecular flexibility index (Phi) is 5.78. The molecule has 1 atom stereocenters. The summed E-state index contributed by atoms with van der Waals surface area (Å²) in [5, 5.41) is 6.94. The van der Waals surface area contributed by atoms with Crippen LogP contribution in [-0.4, -0.2) is 20.7 Å². The van der Waals surface area contributed by atoms with Gasteiger partial charge in [-0.1, -0.05) is 13.0 Å². The van der Waals surface area contributed by atoms with E-state index in [-0.39, 0.29) is 24.8 Å². The third kappa shape index (κ3) is 4.58. The summed E-state index contributed by atoms with van der Waals surface area (Å²) in [5.74, 6) is -0.784. The maximum Gasteiger partial charge on any atom is 0.220 e. The molecule has 0 saturated carbocycles. The summed E-state index contributed by atoms with van der Waals surface area (Å²) in [5.41, 5.74) is 0.323. The minimum absolute atomic E-state index is 0.120. The molecule has 7 heteroatoms. The van der Waals surface area contributed by atoms with Crippen LogP contribution in [0.3, 0.4) is 0 Å². The van der Waals surface area contributed by atoms with E-state index in [4.69, 9.17) is 0 Å². The van der Waals surface area contributed by atoms with Gasteiger partial charge in [-0.2, -0.15) is 5.10 Å². The van der Waals surface area contributed by atoms with Crippen molar-refractivity contribution in [1.29, 1.82) is 0 Å². The van der Waals surface area contributed by atoms with E-state index < -0.39 is 11.6 Å². The molecule has 0 fully saturated rings.